The van der Waals surface area contributed by atoms with Crippen molar-refractivity contribution in [1.29, 1.82) is 5.26 Å². The van der Waals surface area contributed by atoms with Crippen molar-refractivity contribution < 1.29 is 0 Å². The molecule has 1 aromatic carbocycles. The molecule has 2 heterocycles. The number of fused-ring (bicyclic) bond motifs is 3. The summed E-state index contributed by atoms with van der Waals surface area (Å²) in [6, 6.07) is 11.9. The van der Waals surface area contributed by atoms with Crippen LogP contribution in [0.2, 0.25) is 0 Å². The summed E-state index contributed by atoms with van der Waals surface area (Å²) < 4.78 is 2.17. The van der Waals surface area contributed by atoms with Crippen molar-refractivity contribution in [3.63, 3.8) is 0 Å². The van der Waals surface area contributed by atoms with Gasteiger partial charge in [-0.2, -0.15) is 5.26 Å². The lowest BCUT2D eigenvalue weighted by Gasteiger charge is -1.90. The molecule has 0 spiro atoms. The van der Waals surface area contributed by atoms with Crippen LogP contribution in [0.3, 0.4) is 0 Å². The Morgan fingerprint density at radius 1 is 1.20 bits per heavy atom. The van der Waals surface area contributed by atoms with Crippen molar-refractivity contribution in [2.24, 2.45) is 0 Å². The van der Waals surface area contributed by atoms with Gasteiger partial charge in [0.05, 0.1) is 20.5 Å². The summed E-state index contributed by atoms with van der Waals surface area (Å²) in [5, 5.41) is 10.1. The number of rotatable bonds is 0. The van der Waals surface area contributed by atoms with Crippen molar-refractivity contribution in [2.45, 2.75) is 0 Å². The van der Waals surface area contributed by atoms with Crippen LogP contribution in [0.5, 0.6) is 0 Å². The number of hydrogen-bond donors (Lipinski definition) is 0. The predicted molar refractivity (Wildman–Crippen MR) is 61.8 cm³/mol. The van der Waals surface area contributed by atoms with E-state index in [4.69, 9.17) is 5.26 Å². The molecule has 0 radical (unpaired) electrons. The molecule has 0 saturated heterocycles. The highest BCUT2D eigenvalue weighted by molar-refractivity contribution is 7.26. The molecule has 0 aliphatic carbocycles. The number of thiophene rings is 1. The normalized spacial score (nSPS) is 10.6. The average molecular weight is 210 g/mol. The molecule has 0 saturated carbocycles. The highest BCUT2D eigenvalue weighted by Gasteiger charge is 2.08. The molecule has 3 heteroatoms. The van der Waals surface area contributed by atoms with E-state index in [1.54, 1.807) is 17.5 Å². The Labute approximate surface area is 90.4 Å². The standard InChI is InChI=1S/C12H6N2S/c13-7-8-3-1-4-9-11-10(15-12(8)9)5-2-6-14-11/h1-6H. The van der Waals surface area contributed by atoms with E-state index in [0.717, 1.165) is 25.9 Å². The molecule has 0 N–H and O–H groups in total. The van der Waals surface area contributed by atoms with E-state index >= 15 is 0 Å². The first-order valence-electron chi connectivity index (χ1n) is 4.56. The minimum absolute atomic E-state index is 0.732. The van der Waals surface area contributed by atoms with Gasteiger partial charge in [-0.1, -0.05) is 12.1 Å². The lowest BCUT2D eigenvalue weighted by molar-refractivity contribution is 1.44. The summed E-state index contributed by atoms with van der Waals surface area (Å²) in [5.41, 5.74) is 1.73. The smallest absolute Gasteiger partial charge is 0.101 e. The zero-order valence-electron chi connectivity index (χ0n) is 7.77. The Morgan fingerprint density at radius 3 is 3.00 bits per heavy atom. The van der Waals surface area contributed by atoms with Crippen LogP contribution in [0.4, 0.5) is 0 Å². The second-order valence-electron chi connectivity index (χ2n) is 3.25. The summed E-state index contributed by atoms with van der Waals surface area (Å²) >= 11 is 1.63. The highest BCUT2D eigenvalue weighted by atomic mass is 32.1. The molecule has 0 amide bonds. The number of nitrogens with zero attached hydrogens (tertiary/aromatic N) is 2. The fraction of sp³-hybridized carbons (Fsp3) is 0. The fourth-order valence-electron chi connectivity index (χ4n) is 1.71. The zero-order valence-corrected chi connectivity index (χ0v) is 8.58. The van der Waals surface area contributed by atoms with Crippen LogP contribution in [-0.4, -0.2) is 4.98 Å². The van der Waals surface area contributed by atoms with E-state index in [9.17, 15) is 0 Å². The third-order valence-electron chi connectivity index (χ3n) is 2.37. The van der Waals surface area contributed by atoms with Gasteiger partial charge < -0.3 is 0 Å². The molecule has 15 heavy (non-hydrogen) atoms. The SMILES string of the molecule is N#Cc1cccc2c1sc1cccnc12. The second kappa shape index (κ2) is 3.04. The van der Waals surface area contributed by atoms with Gasteiger partial charge in [-0.15, -0.1) is 11.3 Å². The molecule has 70 valence electrons. The summed E-state index contributed by atoms with van der Waals surface area (Å²) in [6.07, 6.45) is 1.79. The first kappa shape index (κ1) is 8.39. The first-order chi connectivity index (χ1) is 7.40. The molecule has 0 fully saturated rings. The van der Waals surface area contributed by atoms with Gasteiger partial charge >= 0.3 is 0 Å². The minimum atomic E-state index is 0.732. The van der Waals surface area contributed by atoms with Gasteiger partial charge in [-0.05, 0) is 18.2 Å². The molecule has 2 nitrogen and oxygen atoms in total. The second-order valence-corrected chi connectivity index (χ2v) is 4.30. The van der Waals surface area contributed by atoms with Crippen molar-refractivity contribution in [3.05, 3.63) is 42.1 Å². The topological polar surface area (TPSA) is 36.7 Å². The van der Waals surface area contributed by atoms with Crippen molar-refractivity contribution in [2.75, 3.05) is 0 Å². The van der Waals surface area contributed by atoms with Crippen molar-refractivity contribution >= 4 is 31.6 Å². The number of pyridine rings is 1. The lowest BCUT2D eigenvalue weighted by Crippen LogP contribution is -1.74. The zero-order chi connectivity index (χ0) is 10.3. The maximum absolute atomic E-state index is 9.00. The van der Waals surface area contributed by atoms with Gasteiger partial charge in [0.25, 0.3) is 0 Å². The summed E-state index contributed by atoms with van der Waals surface area (Å²) in [7, 11) is 0. The molecular weight excluding hydrogens is 204 g/mol. The van der Waals surface area contributed by atoms with Crippen molar-refractivity contribution in [1.82, 2.24) is 4.98 Å². The Hall–Kier alpha value is -1.92. The minimum Gasteiger partial charge on any atom is -0.255 e. The molecule has 0 aliphatic rings. The maximum Gasteiger partial charge on any atom is 0.101 e. The maximum atomic E-state index is 9.00. The molecule has 0 bridgehead atoms. The monoisotopic (exact) mass is 210 g/mol. The molecule has 0 atom stereocenters. The third kappa shape index (κ3) is 1.12. The fourth-order valence-corrected chi connectivity index (χ4v) is 2.83. The van der Waals surface area contributed by atoms with Crippen LogP contribution < -0.4 is 0 Å². The van der Waals surface area contributed by atoms with E-state index in [1.807, 2.05) is 30.3 Å². The van der Waals surface area contributed by atoms with E-state index < -0.39 is 0 Å². The van der Waals surface area contributed by atoms with E-state index in [-0.39, 0.29) is 0 Å². The average Bonchev–Trinajstić information content (AvgIpc) is 2.67. The Kier molecular flexibility index (Phi) is 1.70. The largest absolute Gasteiger partial charge is 0.255 e. The molecule has 0 aliphatic heterocycles. The predicted octanol–water partition coefficient (Wildman–Crippen LogP) is 3.32. The number of aromatic nitrogens is 1. The van der Waals surface area contributed by atoms with Gasteiger partial charge in [0.2, 0.25) is 0 Å². The van der Waals surface area contributed by atoms with E-state index in [1.165, 1.54) is 0 Å². The first-order valence-corrected chi connectivity index (χ1v) is 5.38. The van der Waals surface area contributed by atoms with Gasteiger partial charge in [-0.25, -0.2) is 0 Å². The van der Waals surface area contributed by atoms with Gasteiger partial charge in [-0.3, -0.25) is 4.98 Å². The number of nitriles is 1. The summed E-state index contributed by atoms with van der Waals surface area (Å²) in [6.45, 7) is 0. The summed E-state index contributed by atoms with van der Waals surface area (Å²) in [5.74, 6) is 0. The lowest BCUT2D eigenvalue weighted by atomic mass is 10.1. The molecule has 3 rings (SSSR count). The van der Waals surface area contributed by atoms with E-state index in [2.05, 4.69) is 11.1 Å². The molecule has 3 aromatic rings. The van der Waals surface area contributed by atoms with Gasteiger partial charge in [0, 0.05) is 11.6 Å². The van der Waals surface area contributed by atoms with Crippen molar-refractivity contribution in [3.8, 4) is 6.07 Å². The van der Waals surface area contributed by atoms with Crippen LogP contribution in [0.25, 0.3) is 20.3 Å². The Bertz CT molecular complexity index is 691. The summed E-state index contributed by atoms with van der Waals surface area (Å²) in [4.78, 5) is 4.35. The van der Waals surface area contributed by atoms with Crippen LogP contribution in [-0.2, 0) is 0 Å². The van der Waals surface area contributed by atoms with Gasteiger partial charge in [0.1, 0.15) is 6.07 Å². The quantitative estimate of drug-likeness (QED) is 0.570. The van der Waals surface area contributed by atoms with Crippen LogP contribution in [0.15, 0.2) is 36.5 Å². The highest BCUT2D eigenvalue weighted by Crippen LogP contribution is 2.33. The van der Waals surface area contributed by atoms with Crippen LogP contribution in [0.1, 0.15) is 5.56 Å². The number of hydrogen-bond acceptors (Lipinski definition) is 3. The van der Waals surface area contributed by atoms with Crippen LogP contribution in [0, 0.1) is 11.3 Å². The van der Waals surface area contributed by atoms with Crippen LogP contribution >= 0.6 is 11.3 Å². The Balaban J connectivity index is 2.61. The molecular formula is C12H6N2S. The molecule has 0 unspecified atom stereocenters. The third-order valence-corrected chi connectivity index (χ3v) is 3.57. The molecule has 2 aromatic heterocycles. The van der Waals surface area contributed by atoms with Gasteiger partial charge in [0.15, 0.2) is 0 Å². The number of benzene rings is 1. The Morgan fingerprint density at radius 2 is 2.13 bits per heavy atom. The van der Waals surface area contributed by atoms with E-state index in [0.29, 0.717) is 0 Å².